The van der Waals surface area contributed by atoms with Crippen molar-refractivity contribution >= 4 is 23.2 Å². The smallest absolute Gasteiger partial charge is 0.123 e. The molecule has 16 heavy (non-hydrogen) atoms. The average Bonchev–Trinajstić information content (AvgIpc) is 2.87. The summed E-state index contributed by atoms with van der Waals surface area (Å²) in [7, 11) is 1.68. The van der Waals surface area contributed by atoms with Gasteiger partial charge in [0.25, 0.3) is 0 Å². The largest absolute Gasteiger partial charge is 0.496 e. The van der Waals surface area contributed by atoms with Crippen LogP contribution in [0.15, 0.2) is 24.3 Å². The van der Waals surface area contributed by atoms with Crippen LogP contribution in [-0.4, -0.2) is 18.0 Å². The van der Waals surface area contributed by atoms with Crippen LogP contribution in [0.3, 0.4) is 0 Å². The molecule has 1 aliphatic rings. The van der Waals surface area contributed by atoms with E-state index in [0.717, 1.165) is 30.8 Å². The van der Waals surface area contributed by atoms with Gasteiger partial charge in [-0.1, -0.05) is 18.2 Å². The minimum atomic E-state index is -0.492. The Bertz CT molecular complexity index is 368. The van der Waals surface area contributed by atoms with Gasteiger partial charge in [-0.2, -0.15) is 0 Å². The molecule has 2 nitrogen and oxygen atoms in total. The second-order valence-electron chi connectivity index (χ2n) is 4.10. The number of rotatable bonds is 5. The van der Waals surface area contributed by atoms with Gasteiger partial charge in [-0.3, -0.25) is 0 Å². The van der Waals surface area contributed by atoms with Gasteiger partial charge in [0.2, 0.25) is 0 Å². The number of para-hydroxylation sites is 1. The van der Waals surface area contributed by atoms with E-state index in [1.54, 1.807) is 7.11 Å². The minimum Gasteiger partial charge on any atom is -0.496 e. The van der Waals surface area contributed by atoms with E-state index in [-0.39, 0.29) is 0 Å². The van der Waals surface area contributed by atoms with Crippen LogP contribution in [0.1, 0.15) is 12.0 Å². The summed E-state index contributed by atoms with van der Waals surface area (Å²) in [5.74, 6) is 1.29. The second kappa shape index (κ2) is 4.82. The van der Waals surface area contributed by atoms with E-state index >= 15 is 0 Å². The number of halogens is 2. The normalized spacial score (nSPS) is 21.8. The third kappa shape index (κ3) is 2.82. The molecule has 1 aromatic rings. The molecule has 0 amide bonds. The van der Waals surface area contributed by atoms with Crippen LogP contribution >= 0.6 is 23.2 Å². The third-order valence-corrected chi connectivity index (χ3v) is 3.78. The molecule has 1 fully saturated rings. The lowest BCUT2D eigenvalue weighted by Crippen LogP contribution is -2.18. The molecule has 0 radical (unpaired) electrons. The van der Waals surface area contributed by atoms with Crippen LogP contribution in [-0.2, 0) is 6.54 Å². The van der Waals surface area contributed by atoms with Gasteiger partial charge in [0.05, 0.1) is 7.11 Å². The Kier molecular flexibility index (Phi) is 3.63. The topological polar surface area (TPSA) is 21.3 Å². The van der Waals surface area contributed by atoms with Crippen molar-refractivity contribution in [2.75, 3.05) is 13.7 Å². The van der Waals surface area contributed by atoms with E-state index in [1.165, 1.54) is 0 Å². The van der Waals surface area contributed by atoms with E-state index in [4.69, 9.17) is 27.9 Å². The summed E-state index contributed by atoms with van der Waals surface area (Å²) in [6.45, 7) is 1.63. The van der Waals surface area contributed by atoms with Gasteiger partial charge >= 0.3 is 0 Å². The van der Waals surface area contributed by atoms with Gasteiger partial charge in [0.1, 0.15) is 10.1 Å². The molecule has 0 aromatic heterocycles. The number of alkyl halides is 2. The van der Waals surface area contributed by atoms with E-state index in [1.807, 2.05) is 24.3 Å². The summed E-state index contributed by atoms with van der Waals surface area (Å²) in [6.07, 6.45) is 0.884. The molecule has 2 rings (SSSR count). The number of nitrogens with one attached hydrogen (secondary N) is 1. The predicted molar refractivity (Wildman–Crippen MR) is 67.2 cm³/mol. The monoisotopic (exact) mass is 259 g/mol. The van der Waals surface area contributed by atoms with Crippen molar-refractivity contribution in [1.29, 1.82) is 0 Å². The van der Waals surface area contributed by atoms with Crippen LogP contribution in [0, 0.1) is 5.92 Å². The number of methoxy groups -OCH3 is 1. The minimum absolute atomic E-state index is 0.380. The van der Waals surface area contributed by atoms with Crippen molar-refractivity contribution in [3.8, 4) is 5.75 Å². The first-order valence-electron chi connectivity index (χ1n) is 5.34. The van der Waals surface area contributed by atoms with Crippen LogP contribution in [0.5, 0.6) is 5.75 Å². The van der Waals surface area contributed by atoms with Gasteiger partial charge in [-0.15, -0.1) is 23.2 Å². The van der Waals surface area contributed by atoms with Gasteiger partial charge in [-0.25, -0.2) is 0 Å². The quantitative estimate of drug-likeness (QED) is 0.822. The molecule has 0 saturated heterocycles. The maximum Gasteiger partial charge on any atom is 0.123 e. The van der Waals surface area contributed by atoms with Crippen LogP contribution in [0.25, 0.3) is 0 Å². The first-order valence-corrected chi connectivity index (χ1v) is 6.09. The molecule has 1 N–H and O–H groups in total. The Morgan fingerprint density at radius 1 is 1.44 bits per heavy atom. The molecule has 0 bridgehead atoms. The van der Waals surface area contributed by atoms with Crippen LogP contribution in [0.4, 0.5) is 0 Å². The number of benzene rings is 1. The van der Waals surface area contributed by atoms with E-state index in [9.17, 15) is 0 Å². The Balaban J connectivity index is 1.81. The fourth-order valence-corrected chi connectivity index (χ4v) is 2.25. The highest BCUT2D eigenvalue weighted by Crippen LogP contribution is 2.52. The predicted octanol–water partition coefficient (Wildman–Crippen LogP) is 2.98. The SMILES string of the molecule is COc1ccccc1CNCC1CC1(Cl)Cl. The Morgan fingerprint density at radius 3 is 2.75 bits per heavy atom. The van der Waals surface area contributed by atoms with Gasteiger partial charge in [0, 0.05) is 24.6 Å². The first-order chi connectivity index (χ1) is 7.63. The molecule has 88 valence electrons. The maximum atomic E-state index is 5.95. The Labute approximate surface area is 106 Å². The highest BCUT2D eigenvalue weighted by Gasteiger charge is 2.50. The third-order valence-electron chi connectivity index (χ3n) is 2.85. The fourth-order valence-electron chi connectivity index (χ4n) is 1.72. The zero-order valence-corrected chi connectivity index (χ0v) is 10.7. The highest BCUT2D eigenvalue weighted by molar-refractivity contribution is 6.50. The molecule has 1 saturated carbocycles. The molecular formula is C12H15Cl2NO. The molecule has 1 unspecified atom stereocenters. The Morgan fingerprint density at radius 2 is 2.12 bits per heavy atom. The van der Waals surface area contributed by atoms with Gasteiger partial charge in [-0.05, 0) is 12.5 Å². The van der Waals surface area contributed by atoms with Crippen molar-refractivity contribution < 1.29 is 4.74 Å². The molecule has 0 aliphatic heterocycles. The molecule has 1 atom stereocenters. The zero-order valence-electron chi connectivity index (χ0n) is 9.17. The van der Waals surface area contributed by atoms with E-state index < -0.39 is 4.33 Å². The first kappa shape index (κ1) is 12.0. The summed E-state index contributed by atoms with van der Waals surface area (Å²) in [4.78, 5) is 0. The van der Waals surface area contributed by atoms with Crippen molar-refractivity contribution in [3.63, 3.8) is 0 Å². The van der Waals surface area contributed by atoms with Crippen LogP contribution in [0.2, 0.25) is 0 Å². The van der Waals surface area contributed by atoms with Gasteiger partial charge < -0.3 is 10.1 Å². The van der Waals surface area contributed by atoms with Crippen molar-refractivity contribution in [3.05, 3.63) is 29.8 Å². The van der Waals surface area contributed by atoms with Crippen molar-refractivity contribution in [2.45, 2.75) is 17.3 Å². The lowest BCUT2D eigenvalue weighted by Gasteiger charge is -2.09. The Hall–Kier alpha value is -0.440. The summed E-state index contributed by atoms with van der Waals surface area (Å²) in [5, 5.41) is 3.35. The maximum absolute atomic E-state index is 5.95. The fraction of sp³-hybridized carbons (Fsp3) is 0.500. The molecule has 4 heteroatoms. The highest BCUT2D eigenvalue weighted by atomic mass is 35.5. The van der Waals surface area contributed by atoms with E-state index in [2.05, 4.69) is 5.32 Å². The number of ether oxygens (including phenoxy) is 1. The summed E-state index contributed by atoms with van der Waals surface area (Å²) >= 11 is 11.9. The summed E-state index contributed by atoms with van der Waals surface area (Å²) in [6, 6.07) is 7.98. The van der Waals surface area contributed by atoms with Gasteiger partial charge in [0.15, 0.2) is 0 Å². The molecule has 0 spiro atoms. The lowest BCUT2D eigenvalue weighted by atomic mass is 10.2. The zero-order chi connectivity index (χ0) is 11.6. The average molecular weight is 260 g/mol. The van der Waals surface area contributed by atoms with Crippen molar-refractivity contribution in [1.82, 2.24) is 5.32 Å². The van der Waals surface area contributed by atoms with Crippen molar-refractivity contribution in [2.24, 2.45) is 5.92 Å². The molecule has 1 aliphatic carbocycles. The molecular weight excluding hydrogens is 245 g/mol. The molecule has 0 heterocycles. The van der Waals surface area contributed by atoms with Crippen LogP contribution < -0.4 is 10.1 Å². The summed E-state index contributed by atoms with van der Waals surface area (Å²) in [5.41, 5.74) is 1.15. The standard InChI is InChI=1S/C12H15Cl2NO/c1-16-11-5-3-2-4-9(11)7-15-8-10-6-12(10,13)14/h2-5,10,15H,6-8H2,1H3. The summed E-state index contributed by atoms with van der Waals surface area (Å²) < 4.78 is 4.78. The second-order valence-corrected chi connectivity index (χ2v) is 5.65. The molecule has 1 aromatic carbocycles. The van der Waals surface area contributed by atoms with E-state index in [0.29, 0.717) is 5.92 Å². The number of hydrogen-bond acceptors (Lipinski definition) is 2. The lowest BCUT2D eigenvalue weighted by molar-refractivity contribution is 0.407. The number of hydrogen-bond donors (Lipinski definition) is 1.